The molecule has 0 spiro atoms. The first-order chi connectivity index (χ1) is 8.69. The van der Waals surface area contributed by atoms with Gasteiger partial charge in [-0.3, -0.25) is 4.68 Å². The van der Waals surface area contributed by atoms with E-state index in [0.29, 0.717) is 11.9 Å². The van der Waals surface area contributed by atoms with Crippen LogP contribution < -0.4 is 5.73 Å². The Morgan fingerprint density at radius 1 is 1.44 bits per heavy atom. The summed E-state index contributed by atoms with van der Waals surface area (Å²) in [6.07, 6.45) is 7.04. The Morgan fingerprint density at radius 2 is 2.17 bits per heavy atom. The zero-order valence-corrected chi connectivity index (χ0v) is 11.7. The predicted octanol–water partition coefficient (Wildman–Crippen LogP) is 2.54. The maximum atomic E-state index is 5.67. The van der Waals surface area contributed by atoms with Crippen molar-refractivity contribution >= 4 is 5.82 Å². The van der Waals surface area contributed by atoms with Crippen molar-refractivity contribution in [3.05, 3.63) is 12.3 Å². The number of anilines is 1. The average Bonchev–Trinajstić information content (AvgIpc) is 2.77. The average molecular weight is 250 g/mol. The lowest BCUT2D eigenvalue weighted by molar-refractivity contribution is 0.158. The van der Waals surface area contributed by atoms with E-state index in [1.165, 1.54) is 45.3 Å². The molecular weight excluding hydrogens is 224 g/mol. The van der Waals surface area contributed by atoms with Crippen molar-refractivity contribution in [1.29, 1.82) is 0 Å². The molecule has 0 radical (unpaired) electrons. The Morgan fingerprint density at radius 3 is 2.72 bits per heavy atom. The number of hydrogen-bond donors (Lipinski definition) is 1. The summed E-state index contributed by atoms with van der Waals surface area (Å²) in [6, 6.07) is 2.43. The number of nitrogen functional groups attached to an aromatic ring is 1. The summed E-state index contributed by atoms with van der Waals surface area (Å²) in [4.78, 5) is 2.60. The standard InChI is InChI=1S/C14H26N4/c1-3-4-12(2)11-17-8-5-13(6-9-17)18-10-7-14(15)16-18/h7,10,12-13H,3-6,8-9,11H2,1-2H3,(H2,15,16). The number of piperidine rings is 1. The first-order valence-corrected chi connectivity index (χ1v) is 7.22. The highest BCUT2D eigenvalue weighted by Gasteiger charge is 2.21. The number of likely N-dealkylation sites (tertiary alicyclic amines) is 1. The van der Waals surface area contributed by atoms with E-state index in [9.17, 15) is 0 Å². The molecule has 2 heterocycles. The number of aromatic nitrogens is 2. The van der Waals surface area contributed by atoms with Crippen LogP contribution in [0.2, 0.25) is 0 Å². The first kappa shape index (κ1) is 13.4. The van der Waals surface area contributed by atoms with Crippen molar-refractivity contribution in [3.8, 4) is 0 Å². The highest BCUT2D eigenvalue weighted by Crippen LogP contribution is 2.23. The van der Waals surface area contributed by atoms with E-state index < -0.39 is 0 Å². The number of nitrogens with two attached hydrogens (primary N) is 1. The van der Waals surface area contributed by atoms with Gasteiger partial charge in [0.25, 0.3) is 0 Å². The highest BCUT2D eigenvalue weighted by molar-refractivity contribution is 5.24. The summed E-state index contributed by atoms with van der Waals surface area (Å²) in [5, 5.41) is 4.33. The Bertz CT molecular complexity index is 352. The van der Waals surface area contributed by atoms with Gasteiger partial charge in [-0.1, -0.05) is 20.3 Å². The van der Waals surface area contributed by atoms with Crippen LogP contribution in [0.3, 0.4) is 0 Å². The highest BCUT2D eigenvalue weighted by atomic mass is 15.3. The van der Waals surface area contributed by atoms with E-state index in [4.69, 9.17) is 5.73 Å². The second kappa shape index (κ2) is 6.23. The summed E-state index contributed by atoms with van der Waals surface area (Å²) >= 11 is 0. The molecule has 1 fully saturated rings. The molecule has 18 heavy (non-hydrogen) atoms. The lowest BCUT2D eigenvalue weighted by Gasteiger charge is -2.33. The minimum atomic E-state index is 0.542. The Balaban J connectivity index is 1.77. The van der Waals surface area contributed by atoms with Crippen LogP contribution in [0.15, 0.2) is 12.3 Å². The van der Waals surface area contributed by atoms with Gasteiger partial charge in [0.2, 0.25) is 0 Å². The molecule has 102 valence electrons. The van der Waals surface area contributed by atoms with E-state index in [-0.39, 0.29) is 0 Å². The maximum Gasteiger partial charge on any atom is 0.145 e. The molecule has 1 aliphatic rings. The first-order valence-electron chi connectivity index (χ1n) is 7.22. The van der Waals surface area contributed by atoms with E-state index in [2.05, 4.69) is 23.8 Å². The smallest absolute Gasteiger partial charge is 0.145 e. The molecule has 0 saturated carbocycles. The quantitative estimate of drug-likeness (QED) is 0.873. The van der Waals surface area contributed by atoms with Gasteiger partial charge in [0.05, 0.1) is 6.04 Å². The SMILES string of the molecule is CCCC(C)CN1CCC(n2ccc(N)n2)CC1. The number of hydrogen-bond acceptors (Lipinski definition) is 3. The molecule has 0 bridgehead atoms. The van der Waals surface area contributed by atoms with Crippen LogP contribution >= 0.6 is 0 Å². The van der Waals surface area contributed by atoms with Gasteiger partial charge in [-0.25, -0.2) is 0 Å². The van der Waals surface area contributed by atoms with Gasteiger partial charge < -0.3 is 10.6 Å². The molecular formula is C14H26N4. The normalized spacial score (nSPS) is 20.1. The zero-order valence-electron chi connectivity index (χ0n) is 11.7. The van der Waals surface area contributed by atoms with Crippen molar-refractivity contribution in [2.45, 2.75) is 45.6 Å². The third-order valence-electron chi connectivity index (χ3n) is 3.91. The van der Waals surface area contributed by atoms with Crippen LogP contribution in [0.4, 0.5) is 5.82 Å². The van der Waals surface area contributed by atoms with Crippen molar-refractivity contribution in [3.63, 3.8) is 0 Å². The molecule has 1 unspecified atom stereocenters. The molecule has 4 nitrogen and oxygen atoms in total. The fourth-order valence-corrected chi connectivity index (χ4v) is 2.95. The minimum Gasteiger partial charge on any atom is -0.382 e. The molecule has 4 heteroatoms. The summed E-state index contributed by atoms with van der Waals surface area (Å²) in [7, 11) is 0. The van der Waals surface area contributed by atoms with Gasteiger partial charge >= 0.3 is 0 Å². The van der Waals surface area contributed by atoms with Crippen LogP contribution in [0.5, 0.6) is 0 Å². The molecule has 0 aliphatic carbocycles. The Labute approximate surface area is 110 Å². The summed E-state index contributed by atoms with van der Waals surface area (Å²) in [5.74, 6) is 1.46. The third kappa shape index (κ3) is 3.48. The van der Waals surface area contributed by atoms with E-state index in [1.807, 2.05) is 16.9 Å². The second-order valence-corrected chi connectivity index (χ2v) is 5.65. The lowest BCUT2D eigenvalue weighted by atomic mass is 10.0. The minimum absolute atomic E-state index is 0.542. The van der Waals surface area contributed by atoms with Gasteiger partial charge in [0.15, 0.2) is 0 Å². The van der Waals surface area contributed by atoms with Crippen LogP contribution in [-0.4, -0.2) is 34.3 Å². The van der Waals surface area contributed by atoms with E-state index >= 15 is 0 Å². The van der Waals surface area contributed by atoms with Crippen molar-refractivity contribution in [2.75, 3.05) is 25.4 Å². The van der Waals surface area contributed by atoms with Gasteiger partial charge in [-0.05, 0) is 31.2 Å². The molecule has 1 aliphatic heterocycles. The molecule has 0 amide bonds. The van der Waals surface area contributed by atoms with Gasteiger partial charge in [-0.15, -0.1) is 0 Å². The zero-order chi connectivity index (χ0) is 13.0. The van der Waals surface area contributed by atoms with E-state index in [0.717, 1.165) is 5.92 Å². The predicted molar refractivity (Wildman–Crippen MR) is 75.4 cm³/mol. The topological polar surface area (TPSA) is 47.1 Å². The maximum absolute atomic E-state index is 5.67. The van der Waals surface area contributed by atoms with E-state index in [1.54, 1.807) is 0 Å². The fraction of sp³-hybridized carbons (Fsp3) is 0.786. The summed E-state index contributed by atoms with van der Waals surface area (Å²) < 4.78 is 2.04. The van der Waals surface area contributed by atoms with Crippen LogP contribution in [-0.2, 0) is 0 Å². The molecule has 0 aromatic carbocycles. The number of nitrogens with zero attached hydrogens (tertiary/aromatic N) is 3. The molecule has 1 aromatic rings. The van der Waals surface area contributed by atoms with Crippen LogP contribution in [0.1, 0.15) is 45.6 Å². The van der Waals surface area contributed by atoms with Crippen molar-refractivity contribution in [2.24, 2.45) is 5.92 Å². The van der Waals surface area contributed by atoms with Crippen LogP contribution in [0.25, 0.3) is 0 Å². The third-order valence-corrected chi connectivity index (χ3v) is 3.91. The second-order valence-electron chi connectivity index (χ2n) is 5.65. The fourth-order valence-electron chi connectivity index (χ4n) is 2.95. The van der Waals surface area contributed by atoms with Gasteiger partial charge in [0, 0.05) is 25.8 Å². The molecule has 1 aromatic heterocycles. The molecule has 2 N–H and O–H groups in total. The molecule has 1 atom stereocenters. The Hall–Kier alpha value is -1.03. The molecule has 2 rings (SSSR count). The lowest BCUT2D eigenvalue weighted by Crippen LogP contribution is -2.37. The molecule has 1 saturated heterocycles. The number of rotatable bonds is 5. The monoisotopic (exact) mass is 250 g/mol. The van der Waals surface area contributed by atoms with Gasteiger partial charge in [-0.2, -0.15) is 5.10 Å². The van der Waals surface area contributed by atoms with Gasteiger partial charge in [0.1, 0.15) is 5.82 Å². The van der Waals surface area contributed by atoms with Crippen molar-refractivity contribution in [1.82, 2.24) is 14.7 Å². The summed E-state index contributed by atoms with van der Waals surface area (Å²) in [6.45, 7) is 8.27. The van der Waals surface area contributed by atoms with Crippen LogP contribution in [0, 0.1) is 5.92 Å². The summed E-state index contributed by atoms with van der Waals surface area (Å²) in [5.41, 5.74) is 5.67. The Kier molecular flexibility index (Phi) is 4.64. The van der Waals surface area contributed by atoms with Crippen molar-refractivity contribution < 1.29 is 0 Å². The largest absolute Gasteiger partial charge is 0.382 e.